The zero-order valence-electron chi connectivity index (χ0n) is 12.7. The molecule has 0 spiro atoms. The minimum atomic E-state index is -4.89. The predicted octanol–water partition coefficient (Wildman–Crippen LogP) is 1.81. The van der Waals surface area contributed by atoms with E-state index < -0.39 is 12.1 Å². The first-order valence-electron chi connectivity index (χ1n) is 7.17. The summed E-state index contributed by atoms with van der Waals surface area (Å²) in [6, 6.07) is 7.34. The molecule has 0 bridgehead atoms. The summed E-state index contributed by atoms with van der Waals surface area (Å²) in [6.45, 7) is 1.78. The van der Waals surface area contributed by atoms with Gasteiger partial charge in [0.25, 0.3) is 5.91 Å². The molecule has 0 atom stereocenters. The van der Waals surface area contributed by atoms with E-state index >= 15 is 0 Å². The van der Waals surface area contributed by atoms with Gasteiger partial charge in [-0.05, 0) is 24.5 Å². The van der Waals surface area contributed by atoms with Crippen molar-refractivity contribution in [3.05, 3.63) is 29.8 Å². The molecule has 128 valence electrons. The van der Waals surface area contributed by atoms with Gasteiger partial charge in [0.15, 0.2) is 6.61 Å². The molecule has 0 fully saturated rings. The standard InChI is InChI=1S/C15H19F3N2O3/c1-2-11-6-3-4-7-12(11)23-10-13(21)19-8-5-9-20-14(22)15(16,17)18/h3-4,6-7H,2,5,8-10H2,1H3,(H,19,21)(H,20,22). The van der Waals surface area contributed by atoms with Crippen molar-refractivity contribution in [3.63, 3.8) is 0 Å². The third kappa shape index (κ3) is 7.03. The molecule has 1 aromatic rings. The first kappa shape index (κ1) is 18.8. The normalized spacial score (nSPS) is 11.0. The number of amides is 2. The molecule has 0 aliphatic carbocycles. The zero-order chi connectivity index (χ0) is 17.3. The van der Waals surface area contributed by atoms with Crippen LogP contribution >= 0.6 is 0 Å². The Kier molecular flexibility index (Phi) is 7.37. The Morgan fingerprint density at radius 2 is 1.78 bits per heavy atom. The molecular weight excluding hydrogens is 313 g/mol. The van der Waals surface area contributed by atoms with Crippen molar-refractivity contribution < 1.29 is 27.5 Å². The molecule has 0 saturated carbocycles. The van der Waals surface area contributed by atoms with E-state index in [4.69, 9.17) is 4.74 Å². The summed E-state index contributed by atoms with van der Waals surface area (Å²) >= 11 is 0. The van der Waals surface area contributed by atoms with Crippen LogP contribution in [0.3, 0.4) is 0 Å². The Morgan fingerprint density at radius 3 is 2.43 bits per heavy atom. The highest BCUT2D eigenvalue weighted by atomic mass is 19.4. The number of rotatable bonds is 8. The number of hydrogen-bond acceptors (Lipinski definition) is 3. The Bertz CT molecular complexity index is 533. The molecular formula is C15H19F3N2O3. The summed E-state index contributed by atoms with van der Waals surface area (Å²) in [6.07, 6.45) is -3.92. The van der Waals surface area contributed by atoms with Crippen LogP contribution in [0.4, 0.5) is 13.2 Å². The van der Waals surface area contributed by atoms with Gasteiger partial charge in [-0.2, -0.15) is 13.2 Å². The lowest BCUT2D eigenvalue weighted by molar-refractivity contribution is -0.173. The van der Waals surface area contributed by atoms with Crippen molar-refractivity contribution in [1.29, 1.82) is 0 Å². The first-order valence-corrected chi connectivity index (χ1v) is 7.17. The molecule has 0 heterocycles. The number of aryl methyl sites for hydroxylation is 1. The van der Waals surface area contributed by atoms with Crippen molar-refractivity contribution >= 4 is 11.8 Å². The highest BCUT2D eigenvalue weighted by molar-refractivity contribution is 5.81. The smallest absolute Gasteiger partial charge is 0.471 e. The number of carbonyl (C=O) groups is 2. The fourth-order valence-electron chi connectivity index (χ4n) is 1.75. The van der Waals surface area contributed by atoms with Crippen molar-refractivity contribution in [1.82, 2.24) is 10.6 Å². The van der Waals surface area contributed by atoms with E-state index in [1.165, 1.54) is 0 Å². The molecule has 0 unspecified atom stereocenters. The Balaban J connectivity index is 2.19. The number of carbonyl (C=O) groups excluding carboxylic acids is 2. The molecule has 1 rings (SSSR count). The summed E-state index contributed by atoms with van der Waals surface area (Å²) in [5.41, 5.74) is 0.982. The first-order chi connectivity index (χ1) is 10.8. The largest absolute Gasteiger partial charge is 0.483 e. The summed E-state index contributed by atoms with van der Waals surface area (Å²) in [4.78, 5) is 22.1. The van der Waals surface area contributed by atoms with E-state index in [0.29, 0.717) is 5.75 Å². The van der Waals surface area contributed by atoms with E-state index in [2.05, 4.69) is 5.32 Å². The minimum Gasteiger partial charge on any atom is -0.483 e. The molecule has 8 heteroatoms. The molecule has 0 aromatic heterocycles. The molecule has 2 N–H and O–H groups in total. The molecule has 0 radical (unpaired) electrons. The third-order valence-corrected chi connectivity index (χ3v) is 2.93. The summed E-state index contributed by atoms with van der Waals surface area (Å²) < 4.78 is 41.1. The van der Waals surface area contributed by atoms with E-state index in [1.807, 2.05) is 19.1 Å². The quantitative estimate of drug-likeness (QED) is 0.714. The maximum atomic E-state index is 11.9. The maximum Gasteiger partial charge on any atom is 0.471 e. The van der Waals surface area contributed by atoms with Crippen LogP contribution in [-0.2, 0) is 16.0 Å². The third-order valence-electron chi connectivity index (χ3n) is 2.93. The molecule has 2 amide bonds. The zero-order valence-corrected chi connectivity index (χ0v) is 12.7. The van der Waals surface area contributed by atoms with Gasteiger partial charge >= 0.3 is 12.1 Å². The number of alkyl halides is 3. The van der Waals surface area contributed by atoms with Gasteiger partial charge in [-0.1, -0.05) is 25.1 Å². The monoisotopic (exact) mass is 332 g/mol. The summed E-state index contributed by atoms with van der Waals surface area (Å²) in [5.74, 6) is -1.73. The van der Waals surface area contributed by atoms with E-state index in [-0.39, 0.29) is 32.0 Å². The van der Waals surface area contributed by atoms with E-state index in [9.17, 15) is 22.8 Å². The second kappa shape index (κ2) is 9.02. The fourth-order valence-corrected chi connectivity index (χ4v) is 1.75. The van der Waals surface area contributed by atoms with Crippen LogP contribution in [0, 0.1) is 0 Å². The average Bonchev–Trinajstić information content (AvgIpc) is 2.51. The highest BCUT2D eigenvalue weighted by Crippen LogP contribution is 2.17. The summed E-state index contributed by atoms with van der Waals surface area (Å²) in [7, 11) is 0. The lowest BCUT2D eigenvalue weighted by Gasteiger charge is -2.11. The molecule has 0 aliphatic rings. The molecule has 5 nitrogen and oxygen atoms in total. The van der Waals surface area contributed by atoms with Crippen molar-refractivity contribution in [2.45, 2.75) is 25.9 Å². The second-order valence-corrected chi connectivity index (χ2v) is 4.71. The van der Waals surface area contributed by atoms with Gasteiger partial charge in [0.2, 0.25) is 0 Å². The molecule has 1 aromatic carbocycles. The summed E-state index contributed by atoms with van der Waals surface area (Å²) in [5, 5.41) is 4.23. The van der Waals surface area contributed by atoms with Crippen molar-refractivity contribution in [2.75, 3.05) is 19.7 Å². The van der Waals surface area contributed by atoms with Crippen molar-refractivity contribution in [3.8, 4) is 5.75 Å². The maximum absolute atomic E-state index is 11.9. The van der Waals surface area contributed by atoms with Crippen molar-refractivity contribution in [2.24, 2.45) is 0 Å². The number of ether oxygens (including phenoxy) is 1. The van der Waals surface area contributed by atoms with Gasteiger partial charge in [-0.3, -0.25) is 9.59 Å². The second-order valence-electron chi connectivity index (χ2n) is 4.71. The van der Waals surface area contributed by atoms with Gasteiger partial charge < -0.3 is 15.4 Å². The molecule has 23 heavy (non-hydrogen) atoms. The topological polar surface area (TPSA) is 67.4 Å². The Labute approximate surface area is 132 Å². The Morgan fingerprint density at radius 1 is 1.13 bits per heavy atom. The molecule has 0 saturated heterocycles. The number of nitrogens with one attached hydrogen (secondary N) is 2. The van der Waals surface area contributed by atoms with E-state index in [0.717, 1.165) is 12.0 Å². The lowest BCUT2D eigenvalue weighted by Crippen LogP contribution is -2.38. The van der Waals surface area contributed by atoms with Crippen LogP contribution in [0.2, 0.25) is 0 Å². The van der Waals surface area contributed by atoms with Crippen LogP contribution in [0.1, 0.15) is 18.9 Å². The predicted molar refractivity (Wildman–Crippen MR) is 78.0 cm³/mol. The number of benzene rings is 1. The van der Waals surface area contributed by atoms with Crippen LogP contribution < -0.4 is 15.4 Å². The van der Waals surface area contributed by atoms with Crippen LogP contribution in [-0.4, -0.2) is 37.7 Å². The Hall–Kier alpha value is -2.25. The fraction of sp³-hybridized carbons (Fsp3) is 0.467. The van der Waals surface area contributed by atoms with Gasteiger partial charge in [-0.15, -0.1) is 0 Å². The average molecular weight is 332 g/mol. The van der Waals surface area contributed by atoms with Crippen LogP contribution in [0.5, 0.6) is 5.75 Å². The molecule has 0 aliphatic heterocycles. The lowest BCUT2D eigenvalue weighted by atomic mass is 10.1. The highest BCUT2D eigenvalue weighted by Gasteiger charge is 2.38. The van der Waals surface area contributed by atoms with E-state index in [1.54, 1.807) is 17.4 Å². The number of hydrogen-bond donors (Lipinski definition) is 2. The van der Waals surface area contributed by atoms with Gasteiger partial charge in [0.05, 0.1) is 0 Å². The van der Waals surface area contributed by atoms with Gasteiger partial charge in [0.1, 0.15) is 5.75 Å². The number of para-hydroxylation sites is 1. The minimum absolute atomic E-state index is 0.149. The number of halogens is 3. The van der Waals surface area contributed by atoms with Crippen LogP contribution in [0.15, 0.2) is 24.3 Å². The van der Waals surface area contributed by atoms with Crippen LogP contribution in [0.25, 0.3) is 0 Å². The SMILES string of the molecule is CCc1ccccc1OCC(=O)NCCCNC(=O)C(F)(F)F. The van der Waals surface area contributed by atoms with Gasteiger partial charge in [-0.25, -0.2) is 0 Å². The van der Waals surface area contributed by atoms with Gasteiger partial charge in [0, 0.05) is 13.1 Å².